The molecule has 1 heterocycles. The highest BCUT2D eigenvalue weighted by molar-refractivity contribution is 6.00. The summed E-state index contributed by atoms with van der Waals surface area (Å²) in [5, 5.41) is 12.6. The highest BCUT2D eigenvalue weighted by Crippen LogP contribution is 2.31. The van der Waals surface area contributed by atoms with Gasteiger partial charge in [-0.2, -0.15) is 13.2 Å². The van der Waals surface area contributed by atoms with E-state index in [-0.39, 0.29) is 37.8 Å². The lowest BCUT2D eigenvalue weighted by atomic mass is 10.1. The maximum atomic E-state index is 12.7. The second-order valence-electron chi connectivity index (χ2n) is 7.34. The predicted octanol–water partition coefficient (Wildman–Crippen LogP) is 2.62. The van der Waals surface area contributed by atoms with Gasteiger partial charge in [-0.15, -0.1) is 0 Å². The molecule has 2 N–H and O–H groups in total. The number of aliphatic hydroxyl groups excluding tert-OH is 1. The third-order valence-electron chi connectivity index (χ3n) is 4.98. The first-order valence-electron chi connectivity index (χ1n) is 9.87. The molecule has 0 spiro atoms. The van der Waals surface area contributed by atoms with E-state index in [2.05, 4.69) is 5.32 Å². The maximum absolute atomic E-state index is 12.7. The Kier molecular flexibility index (Phi) is 7.24. The number of nitrogens with one attached hydrogen (secondary N) is 1. The van der Waals surface area contributed by atoms with E-state index in [0.29, 0.717) is 11.4 Å². The van der Waals surface area contributed by atoms with Crippen LogP contribution in [0, 0.1) is 5.92 Å². The Morgan fingerprint density at radius 1 is 1.22 bits per heavy atom. The summed E-state index contributed by atoms with van der Waals surface area (Å²) in [6.07, 6.45) is -5.61. The molecule has 172 valence electrons. The van der Waals surface area contributed by atoms with Crippen LogP contribution in [0.5, 0.6) is 11.5 Å². The molecule has 2 atom stereocenters. The molecule has 0 radical (unpaired) electrons. The Balaban J connectivity index is 1.48. The molecule has 32 heavy (non-hydrogen) atoms. The highest BCUT2D eigenvalue weighted by Gasteiger charge is 2.35. The summed E-state index contributed by atoms with van der Waals surface area (Å²) < 4.78 is 48.6. The van der Waals surface area contributed by atoms with Gasteiger partial charge in [0.2, 0.25) is 11.8 Å². The molecule has 7 nitrogen and oxygen atoms in total. The van der Waals surface area contributed by atoms with Gasteiger partial charge in [-0.05, 0) is 30.3 Å². The zero-order valence-electron chi connectivity index (χ0n) is 17.3. The smallest absolute Gasteiger partial charge is 0.416 e. The molecule has 2 aromatic rings. The van der Waals surface area contributed by atoms with E-state index in [9.17, 15) is 27.9 Å². The first-order valence-corrected chi connectivity index (χ1v) is 9.87. The number of halogens is 3. The molecule has 0 aliphatic carbocycles. The molecule has 0 bridgehead atoms. The van der Waals surface area contributed by atoms with Crippen LogP contribution in [0.4, 0.5) is 18.9 Å². The molecule has 2 unspecified atom stereocenters. The van der Waals surface area contributed by atoms with E-state index in [4.69, 9.17) is 9.47 Å². The Labute approximate surface area is 182 Å². The fourth-order valence-electron chi connectivity index (χ4n) is 3.29. The Morgan fingerprint density at radius 3 is 2.66 bits per heavy atom. The molecular formula is C22H23F3N2O5. The summed E-state index contributed by atoms with van der Waals surface area (Å²) in [5.74, 6) is -0.647. The van der Waals surface area contributed by atoms with Crippen molar-refractivity contribution in [3.63, 3.8) is 0 Å². The molecular weight excluding hydrogens is 429 g/mol. The van der Waals surface area contributed by atoms with Crippen molar-refractivity contribution in [2.45, 2.75) is 18.7 Å². The quantitative estimate of drug-likeness (QED) is 0.643. The van der Waals surface area contributed by atoms with E-state index in [1.807, 2.05) is 0 Å². The minimum absolute atomic E-state index is 0.0277. The molecule has 2 aromatic carbocycles. The van der Waals surface area contributed by atoms with E-state index in [1.165, 1.54) is 24.1 Å². The van der Waals surface area contributed by atoms with E-state index < -0.39 is 29.7 Å². The van der Waals surface area contributed by atoms with Crippen LogP contribution in [0.3, 0.4) is 0 Å². The molecule has 10 heteroatoms. The molecule has 1 fully saturated rings. The number of alkyl halides is 3. The number of hydrogen-bond donors (Lipinski definition) is 2. The van der Waals surface area contributed by atoms with Crippen LogP contribution in [0.2, 0.25) is 0 Å². The fourth-order valence-corrected chi connectivity index (χ4v) is 3.29. The fraction of sp³-hybridized carbons (Fsp3) is 0.364. The predicted molar refractivity (Wildman–Crippen MR) is 109 cm³/mol. The van der Waals surface area contributed by atoms with Gasteiger partial charge in [-0.3, -0.25) is 9.59 Å². The van der Waals surface area contributed by atoms with Crippen LogP contribution in [-0.4, -0.2) is 49.8 Å². The Morgan fingerprint density at radius 2 is 1.94 bits per heavy atom. The number of amides is 2. The van der Waals surface area contributed by atoms with Crippen molar-refractivity contribution in [3.8, 4) is 11.5 Å². The lowest BCUT2D eigenvalue weighted by Crippen LogP contribution is -2.39. The normalized spacial score (nSPS) is 17.2. The molecule has 0 aromatic heterocycles. The molecule has 1 aliphatic heterocycles. The van der Waals surface area contributed by atoms with Gasteiger partial charge in [0.15, 0.2) is 0 Å². The van der Waals surface area contributed by atoms with Gasteiger partial charge in [0.05, 0.1) is 18.6 Å². The van der Waals surface area contributed by atoms with Gasteiger partial charge in [-0.1, -0.05) is 12.1 Å². The van der Waals surface area contributed by atoms with Crippen LogP contribution >= 0.6 is 0 Å². The minimum atomic E-state index is -4.50. The summed E-state index contributed by atoms with van der Waals surface area (Å²) in [6, 6.07) is 11.2. The zero-order chi connectivity index (χ0) is 23.3. The summed E-state index contributed by atoms with van der Waals surface area (Å²) in [7, 11) is 1.52. The molecule has 3 rings (SSSR count). The van der Waals surface area contributed by atoms with Crippen LogP contribution in [0.1, 0.15) is 12.0 Å². The largest absolute Gasteiger partial charge is 0.497 e. The number of anilines is 1. The van der Waals surface area contributed by atoms with Gasteiger partial charge >= 0.3 is 6.18 Å². The highest BCUT2D eigenvalue weighted by atomic mass is 19.4. The number of carbonyl (C=O) groups excluding carboxylic acids is 2. The van der Waals surface area contributed by atoms with Crippen molar-refractivity contribution in [1.29, 1.82) is 0 Å². The number of hydrogen-bond acceptors (Lipinski definition) is 5. The van der Waals surface area contributed by atoms with Gasteiger partial charge in [0.25, 0.3) is 0 Å². The molecule has 1 saturated heterocycles. The van der Waals surface area contributed by atoms with Gasteiger partial charge in [0, 0.05) is 31.3 Å². The minimum Gasteiger partial charge on any atom is -0.497 e. The SMILES string of the molecule is COc1cccc(N2CC(C(=O)NCC(O)COc3cccc(C(F)(F)F)c3)CC2=O)c1. The number of ether oxygens (including phenoxy) is 2. The van der Waals surface area contributed by atoms with Gasteiger partial charge in [-0.25, -0.2) is 0 Å². The van der Waals surface area contributed by atoms with Crippen molar-refractivity contribution < 1.29 is 37.3 Å². The van der Waals surface area contributed by atoms with Crippen LogP contribution in [0.25, 0.3) is 0 Å². The standard InChI is InChI=1S/C22H23F3N2O5/c1-31-18-6-3-5-16(10-18)27-12-14(8-20(27)29)21(30)26-11-17(28)13-32-19-7-2-4-15(9-19)22(23,24)25/h2-7,9-10,14,17,28H,8,11-13H2,1H3,(H,26,30). The van der Waals surface area contributed by atoms with Crippen molar-refractivity contribution in [2.24, 2.45) is 5.92 Å². The van der Waals surface area contributed by atoms with E-state index >= 15 is 0 Å². The van der Waals surface area contributed by atoms with Crippen molar-refractivity contribution in [3.05, 3.63) is 54.1 Å². The number of carbonyl (C=O) groups is 2. The van der Waals surface area contributed by atoms with Gasteiger partial charge in [0.1, 0.15) is 24.2 Å². The summed E-state index contributed by atoms with van der Waals surface area (Å²) in [6.45, 7) is -0.280. The first kappa shape index (κ1) is 23.4. The Bertz CT molecular complexity index is 967. The second-order valence-corrected chi connectivity index (χ2v) is 7.34. The third kappa shape index (κ3) is 5.91. The summed E-state index contributed by atoms with van der Waals surface area (Å²) >= 11 is 0. The van der Waals surface area contributed by atoms with Crippen LogP contribution in [-0.2, 0) is 15.8 Å². The number of benzene rings is 2. The number of methoxy groups -OCH3 is 1. The van der Waals surface area contributed by atoms with Crippen LogP contribution < -0.4 is 19.7 Å². The van der Waals surface area contributed by atoms with Crippen molar-refractivity contribution in [2.75, 3.05) is 31.7 Å². The molecule has 1 aliphatic rings. The summed E-state index contributed by atoms with van der Waals surface area (Å²) in [5.41, 5.74) is -0.233. The van der Waals surface area contributed by atoms with E-state index in [1.54, 1.807) is 24.3 Å². The first-order chi connectivity index (χ1) is 15.2. The average Bonchev–Trinajstić information content (AvgIpc) is 3.17. The topological polar surface area (TPSA) is 88.1 Å². The Hall–Kier alpha value is -3.27. The lowest BCUT2D eigenvalue weighted by molar-refractivity contribution is -0.137. The maximum Gasteiger partial charge on any atom is 0.416 e. The van der Waals surface area contributed by atoms with Crippen molar-refractivity contribution >= 4 is 17.5 Å². The number of rotatable bonds is 8. The second kappa shape index (κ2) is 9.90. The molecule has 2 amide bonds. The monoisotopic (exact) mass is 452 g/mol. The third-order valence-corrected chi connectivity index (χ3v) is 4.98. The van der Waals surface area contributed by atoms with Crippen LogP contribution in [0.15, 0.2) is 48.5 Å². The number of aliphatic hydroxyl groups is 1. The average molecular weight is 452 g/mol. The van der Waals surface area contributed by atoms with Crippen molar-refractivity contribution in [1.82, 2.24) is 5.32 Å². The zero-order valence-corrected chi connectivity index (χ0v) is 17.3. The lowest BCUT2D eigenvalue weighted by Gasteiger charge is -2.18. The molecule has 0 saturated carbocycles. The number of nitrogens with zero attached hydrogens (tertiary/aromatic N) is 1. The van der Waals surface area contributed by atoms with E-state index in [0.717, 1.165) is 12.1 Å². The summed E-state index contributed by atoms with van der Waals surface area (Å²) in [4.78, 5) is 26.3. The van der Waals surface area contributed by atoms with Gasteiger partial charge < -0.3 is 24.8 Å².